The third-order valence-corrected chi connectivity index (χ3v) is 2.88. The topological polar surface area (TPSA) is 75.1 Å². The van der Waals surface area contributed by atoms with E-state index in [4.69, 9.17) is 0 Å². The maximum atomic E-state index is 11.7. The Labute approximate surface area is 103 Å². The minimum Gasteiger partial charge on any atom is -0.507 e. The molecule has 82 valence electrons. The number of phenolic OH excluding ortho intramolecular Hbond substituents is 1. The second-order valence-electron chi connectivity index (χ2n) is 2.86. The monoisotopic (exact) mass is 299 g/mol. The van der Waals surface area contributed by atoms with Gasteiger partial charge >= 0.3 is 0 Å². The lowest BCUT2D eigenvalue weighted by molar-refractivity contribution is 0.102. The van der Waals surface area contributed by atoms with Crippen LogP contribution in [0.3, 0.4) is 0 Å². The highest BCUT2D eigenvalue weighted by Crippen LogP contribution is 2.23. The molecule has 2 rings (SSSR count). The number of phenols is 1. The SMILES string of the molecule is O=C(Nc1nncs1)c1ccc(Br)cc1O. The highest BCUT2D eigenvalue weighted by atomic mass is 79.9. The van der Waals surface area contributed by atoms with Crippen molar-refractivity contribution in [1.82, 2.24) is 10.2 Å². The Morgan fingerprint density at radius 3 is 2.94 bits per heavy atom. The molecule has 0 unspecified atom stereocenters. The van der Waals surface area contributed by atoms with Gasteiger partial charge in [-0.25, -0.2) is 0 Å². The van der Waals surface area contributed by atoms with Gasteiger partial charge in [-0.2, -0.15) is 0 Å². The zero-order valence-electron chi connectivity index (χ0n) is 7.85. The minimum absolute atomic E-state index is 0.0867. The van der Waals surface area contributed by atoms with Crippen LogP contribution in [0.5, 0.6) is 5.75 Å². The maximum Gasteiger partial charge on any atom is 0.261 e. The van der Waals surface area contributed by atoms with Crippen LogP contribution in [-0.4, -0.2) is 21.2 Å². The number of hydrogen-bond acceptors (Lipinski definition) is 5. The Balaban J connectivity index is 2.21. The number of nitrogens with zero attached hydrogens (tertiary/aromatic N) is 2. The van der Waals surface area contributed by atoms with E-state index in [1.807, 2.05) is 0 Å². The van der Waals surface area contributed by atoms with Gasteiger partial charge in [0.1, 0.15) is 11.3 Å². The molecule has 2 aromatic rings. The second kappa shape index (κ2) is 4.58. The number of hydrogen-bond donors (Lipinski definition) is 2. The largest absolute Gasteiger partial charge is 0.507 e. The van der Waals surface area contributed by atoms with Gasteiger partial charge in [-0.1, -0.05) is 27.3 Å². The van der Waals surface area contributed by atoms with Crippen LogP contribution in [0.1, 0.15) is 10.4 Å². The Morgan fingerprint density at radius 2 is 2.31 bits per heavy atom. The highest BCUT2D eigenvalue weighted by molar-refractivity contribution is 9.10. The molecule has 5 nitrogen and oxygen atoms in total. The third kappa shape index (κ3) is 2.37. The van der Waals surface area contributed by atoms with Gasteiger partial charge in [-0.05, 0) is 18.2 Å². The molecule has 0 atom stereocenters. The Kier molecular flexibility index (Phi) is 3.16. The molecular formula is C9H6BrN3O2S. The zero-order chi connectivity index (χ0) is 11.5. The number of carbonyl (C=O) groups excluding carboxylic acids is 1. The first kappa shape index (κ1) is 11.0. The van der Waals surface area contributed by atoms with E-state index in [2.05, 4.69) is 31.4 Å². The summed E-state index contributed by atoms with van der Waals surface area (Å²) in [5.41, 5.74) is 1.70. The molecule has 0 aliphatic rings. The van der Waals surface area contributed by atoms with E-state index in [0.29, 0.717) is 9.60 Å². The van der Waals surface area contributed by atoms with Crippen molar-refractivity contribution in [2.75, 3.05) is 5.32 Å². The Morgan fingerprint density at radius 1 is 1.50 bits per heavy atom. The van der Waals surface area contributed by atoms with Crippen molar-refractivity contribution in [2.24, 2.45) is 0 Å². The maximum absolute atomic E-state index is 11.7. The fourth-order valence-corrected chi connectivity index (χ4v) is 1.88. The van der Waals surface area contributed by atoms with Crippen molar-refractivity contribution in [2.45, 2.75) is 0 Å². The average molecular weight is 300 g/mol. The van der Waals surface area contributed by atoms with Crippen LogP contribution in [0, 0.1) is 0 Å². The number of nitrogens with one attached hydrogen (secondary N) is 1. The van der Waals surface area contributed by atoms with E-state index in [-0.39, 0.29) is 11.3 Å². The van der Waals surface area contributed by atoms with Gasteiger partial charge in [0.15, 0.2) is 0 Å². The van der Waals surface area contributed by atoms with Gasteiger partial charge in [0.25, 0.3) is 5.91 Å². The first-order valence-corrected chi connectivity index (χ1v) is 5.90. The van der Waals surface area contributed by atoms with Gasteiger partial charge in [0, 0.05) is 4.47 Å². The molecule has 1 aromatic heterocycles. The van der Waals surface area contributed by atoms with Crippen LogP contribution in [0.15, 0.2) is 28.2 Å². The van der Waals surface area contributed by atoms with Gasteiger partial charge in [0.2, 0.25) is 5.13 Å². The molecule has 7 heteroatoms. The quantitative estimate of drug-likeness (QED) is 0.892. The summed E-state index contributed by atoms with van der Waals surface area (Å²) >= 11 is 4.40. The summed E-state index contributed by atoms with van der Waals surface area (Å²) in [4.78, 5) is 11.7. The molecule has 0 aliphatic carbocycles. The van der Waals surface area contributed by atoms with Gasteiger partial charge in [0.05, 0.1) is 5.56 Å². The van der Waals surface area contributed by atoms with E-state index < -0.39 is 5.91 Å². The molecule has 0 bridgehead atoms. The lowest BCUT2D eigenvalue weighted by Gasteiger charge is -2.03. The summed E-state index contributed by atoms with van der Waals surface area (Å²) in [6.07, 6.45) is 0. The van der Waals surface area contributed by atoms with E-state index in [9.17, 15) is 9.90 Å². The summed E-state index contributed by atoms with van der Waals surface area (Å²) in [5.74, 6) is -0.502. The van der Waals surface area contributed by atoms with E-state index in [0.717, 1.165) is 0 Å². The van der Waals surface area contributed by atoms with Gasteiger partial charge < -0.3 is 5.11 Å². The van der Waals surface area contributed by atoms with Crippen LogP contribution >= 0.6 is 27.3 Å². The third-order valence-electron chi connectivity index (χ3n) is 1.78. The summed E-state index contributed by atoms with van der Waals surface area (Å²) in [7, 11) is 0. The van der Waals surface area contributed by atoms with Crippen molar-refractivity contribution in [3.8, 4) is 5.75 Å². The molecule has 2 N–H and O–H groups in total. The van der Waals surface area contributed by atoms with E-state index in [1.54, 1.807) is 6.07 Å². The van der Waals surface area contributed by atoms with Crippen LogP contribution in [0.2, 0.25) is 0 Å². The highest BCUT2D eigenvalue weighted by Gasteiger charge is 2.12. The molecule has 1 aromatic carbocycles. The molecule has 16 heavy (non-hydrogen) atoms. The number of amides is 1. The molecule has 1 amide bonds. The summed E-state index contributed by atoms with van der Waals surface area (Å²) < 4.78 is 0.706. The predicted molar refractivity (Wildman–Crippen MR) is 63.7 cm³/mol. The van der Waals surface area contributed by atoms with Crippen molar-refractivity contribution in [3.63, 3.8) is 0 Å². The van der Waals surface area contributed by atoms with Crippen LogP contribution in [0.4, 0.5) is 5.13 Å². The molecule has 0 fully saturated rings. The number of aromatic hydroxyl groups is 1. The van der Waals surface area contributed by atoms with Crippen molar-refractivity contribution < 1.29 is 9.90 Å². The average Bonchev–Trinajstić information content (AvgIpc) is 2.70. The molecule has 0 saturated carbocycles. The smallest absolute Gasteiger partial charge is 0.261 e. The Hall–Kier alpha value is -1.47. The van der Waals surface area contributed by atoms with Gasteiger partial charge in [-0.15, -0.1) is 10.2 Å². The molecule has 0 spiro atoms. The predicted octanol–water partition coefficient (Wildman–Crippen LogP) is 2.26. The van der Waals surface area contributed by atoms with Crippen LogP contribution in [0.25, 0.3) is 0 Å². The fraction of sp³-hybridized carbons (Fsp3) is 0. The van der Waals surface area contributed by atoms with Crippen molar-refractivity contribution >= 4 is 38.3 Å². The summed E-state index contributed by atoms with van der Waals surface area (Å²) in [5, 5.41) is 19.8. The van der Waals surface area contributed by atoms with E-state index >= 15 is 0 Å². The first-order valence-electron chi connectivity index (χ1n) is 4.23. The molecular weight excluding hydrogens is 294 g/mol. The van der Waals surface area contributed by atoms with Crippen LogP contribution < -0.4 is 5.32 Å². The zero-order valence-corrected chi connectivity index (χ0v) is 10.2. The number of benzene rings is 1. The molecule has 0 radical (unpaired) electrons. The van der Waals surface area contributed by atoms with Crippen molar-refractivity contribution in [1.29, 1.82) is 0 Å². The number of anilines is 1. The summed E-state index contributed by atoms with van der Waals surface area (Å²) in [6.45, 7) is 0. The lowest BCUT2D eigenvalue weighted by atomic mass is 10.2. The summed E-state index contributed by atoms with van der Waals surface area (Å²) in [6, 6.07) is 4.65. The number of rotatable bonds is 2. The fourth-order valence-electron chi connectivity index (χ4n) is 1.09. The number of carbonyl (C=O) groups is 1. The van der Waals surface area contributed by atoms with Gasteiger partial charge in [-0.3, -0.25) is 10.1 Å². The number of halogens is 1. The van der Waals surface area contributed by atoms with Crippen molar-refractivity contribution in [3.05, 3.63) is 33.7 Å². The second-order valence-corrected chi connectivity index (χ2v) is 4.61. The normalized spacial score (nSPS) is 10.1. The standard InChI is InChI=1S/C9H6BrN3O2S/c10-5-1-2-6(7(14)3-5)8(15)12-9-13-11-4-16-9/h1-4,14H,(H,12,13,15). The van der Waals surface area contributed by atoms with Crippen LogP contribution in [-0.2, 0) is 0 Å². The Bertz CT molecular complexity index is 515. The molecule has 1 heterocycles. The lowest BCUT2D eigenvalue weighted by Crippen LogP contribution is -2.11. The minimum atomic E-state index is -0.415. The molecule has 0 saturated heterocycles. The molecule has 0 aliphatic heterocycles. The van der Waals surface area contributed by atoms with E-state index in [1.165, 1.54) is 29.0 Å². The number of aromatic nitrogens is 2. The first-order chi connectivity index (χ1) is 7.66.